The molecule has 4 aliphatic rings. The quantitative estimate of drug-likeness (QED) is 0.773. The van der Waals surface area contributed by atoms with Crippen LogP contribution in [0.1, 0.15) is 18.7 Å². The number of carbonyl (C=O) groups is 1. The number of likely N-dealkylation sites (tertiary alicyclic amines) is 1. The fraction of sp³-hybridized carbons (Fsp3) is 0.565. The van der Waals surface area contributed by atoms with Crippen LogP contribution in [-0.4, -0.2) is 70.1 Å². The van der Waals surface area contributed by atoms with E-state index in [0.717, 1.165) is 36.9 Å². The van der Waals surface area contributed by atoms with Crippen LogP contribution in [0, 0.1) is 11.8 Å². The maximum atomic E-state index is 13.3. The number of anilines is 1. The Morgan fingerprint density at radius 2 is 1.93 bits per heavy atom. The molecule has 0 saturated carbocycles. The molecule has 5 heterocycles. The van der Waals surface area contributed by atoms with E-state index in [-0.39, 0.29) is 5.91 Å². The first-order valence-corrected chi connectivity index (χ1v) is 11.2. The second kappa shape index (κ2) is 7.10. The summed E-state index contributed by atoms with van der Waals surface area (Å²) >= 11 is 0. The van der Waals surface area contributed by atoms with Crippen molar-refractivity contribution >= 4 is 11.6 Å². The van der Waals surface area contributed by atoms with Gasteiger partial charge in [-0.05, 0) is 36.8 Å². The summed E-state index contributed by atoms with van der Waals surface area (Å²) in [5, 5.41) is 0. The SMILES string of the molecule is Cn1ccnc1CN1C[C@@H]2[C@H](C1)[C@@H]1CC[C@H]2N1CC(=O)N1CCOc2ccccc21. The van der Waals surface area contributed by atoms with Crippen LogP contribution in [0.3, 0.4) is 0 Å². The second-order valence-corrected chi connectivity index (χ2v) is 9.22. The number of aromatic nitrogens is 2. The first-order valence-electron chi connectivity index (χ1n) is 11.2. The number of rotatable bonds is 4. The molecule has 158 valence electrons. The normalized spacial score (nSPS) is 30.4. The number of benzene rings is 1. The molecule has 2 bridgehead atoms. The Kier molecular flexibility index (Phi) is 4.35. The van der Waals surface area contributed by atoms with E-state index in [9.17, 15) is 4.79 Å². The van der Waals surface area contributed by atoms with Crippen LogP contribution in [0.15, 0.2) is 36.7 Å². The fourth-order valence-corrected chi connectivity index (χ4v) is 6.38. The number of amides is 1. The molecule has 7 heteroatoms. The molecule has 6 rings (SSSR count). The number of ether oxygens (including phenoxy) is 1. The number of nitrogens with zero attached hydrogens (tertiary/aromatic N) is 5. The van der Waals surface area contributed by atoms with Gasteiger partial charge in [0.15, 0.2) is 0 Å². The predicted octanol–water partition coefficient (Wildman–Crippen LogP) is 1.74. The minimum absolute atomic E-state index is 0.215. The summed E-state index contributed by atoms with van der Waals surface area (Å²) in [6.07, 6.45) is 6.37. The molecule has 4 atom stereocenters. The first-order chi connectivity index (χ1) is 14.7. The molecule has 0 unspecified atom stereocenters. The van der Waals surface area contributed by atoms with E-state index >= 15 is 0 Å². The second-order valence-electron chi connectivity index (χ2n) is 9.22. The third-order valence-corrected chi connectivity index (χ3v) is 7.72. The molecule has 1 aromatic heterocycles. The number of imidazole rings is 1. The Bertz CT molecular complexity index is 939. The van der Waals surface area contributed by atoms with Crippen molar-refractivity contribution in [2.24, 2.45) is 18.9 Å². The molecule has 0 N–H and O–H groups in total. The number of para-hydroxylation sites is 2. The average Bonchev–Trinajstić information content (AvgIpc) is 3.51. The summed E-state index contributed by atoms with van der Waals surface area (Å²) in [5.74, 6) is 3.55. The van der Waals surface area contributed by atoms with E-state index in [0.29, 0.717) is 43.6 Å². The van der Waals surface area contributed by atoms with Crippen molar-refractivity contribution in [3.8, 4) is 5.75 Å². The monoisotopic (exact) mass is 407 g/mol. The molecule has 7 nitrogen and oxygen atoms in total. The summed E-state index contributed by atoms with van der Waals surface area (Å²) < 4.78 is 7.85. The van der Waals surface area contributed by atoms with Gasteiger partial charge >= 0.3 is 0 Å². The molecule has 3 saturated heterocycles. The van der Waals surface area contributed by atoms with Crippen molar-refractivity contribution in [1.82, 2.24) is 19.4 Å². The average molecular weight is 408 g/mol. The van der Waals surface area contributed by atoms with Crippen LogP contribution in [0.4, 0.5) is 5.69 Å². The third kappa shape index (κ3) is 2.87. The zero-order valence-corrected chi connectivity index (χ0v) is 17.5. The Balaban J connectivity index is 1.14. The van der Waals surface area contributed by atoms with E-state index in [1.807, 2.05) is 41.6 Å². The van der Waals surface area contributed by atoms with Gasteiger partial charge in [-0.25, -0.2) is 4.98 Å². The van der Waals surface area contributed by atoms with Gasteiger partial charge < -0.3 is 14.2 Å². The highest BCUT2D eigenvalue weighted by atomic mass is 16.5. The molecule has 2 aromatic rings. The third-order valence-electron chi connectivity index (χ3n) is 7.72. The van der Waals surface area contributed by atoms with Gasteiger partial charge in [0.2, 0.25) is 5.91 Å². The Morgan fingerprint density at radius 1 is 1.17 bits per heavy atom. The van der Waals surface area contributed by atoms with E-state index in [1.54, 1.807) is 0 Å². The van der Waals surface area contributed by atoms with E-state index < -0.39 is 0 Å². The van der Waals surface area contributed by atoms with Gasteiger partial charge in [-0.1, -0.05) is 12.1 Å². The Labute approximate surface area is 177 Å². The van der Waals surface area contributed by atoms with E-state index in [4.69, 9.17) is 4.74 Å². The van der Waals surface area contributed by atoms with Crippen LogP contribution >= 0.6 is 0 Å². The number of carbonyl (C=O) groups excluding carboxylic acids is 1. The predicted molar refractivity (Wildman–Crippen MR) is 113 cm³/mol. The lowest BCUT2D eigenvalue weighted by Crippen LogP contribution is -2.46. The maximum absolute atomic E-state index is 13.3. The van der Waals surface area contributed by atoms with Gasteiger partial charge in [-0.2, -0.15) is 0 Å². The minimum atomic E-state index is 0.215. The van der Waals surface area contributed by atoms with Gasteiger partial charge in [0.1, 0.15) is 18.2 Å². The molecule has 0 radical (unpaired) electrons. The number of hydrogen-bond acceptors (Lipinski definition) is 5. The van der Waals surface area contributed by atoms with E-state index in [1.165, 1.54) is 12.8 Å². The molecule has 0 spiro atoms. The van der Waals surface area contributed by atoms with E-state index in [2.05, 4.69) is 26.4 Å². The van der Waals surface area contributed by atoms with Crippen LogP contribution in [0.5, 0.6) is 5.75 Å². The van der Waals surface area contributed by atoms with Crippen molar-refractivity contribution in [2.75, 3.05) is 37.7 Å². The summed E-state index contributed by atoms with van der Waals surface area (Å²) in [4.78, 5) is 24.8. The lowest BCUT2D eigenvalue weighted by molar-refractivity contribution is -0.120. The zero-order chi connectivity index (χ0) is 20.2. The minimum Gasteiger partial charge on any atom is -0.490 e. The van der Waals surface area contributed by atoms with Gasteiger partial charge in [0, 0.05) is 44.6 Å². The Morgan fingerprint density at radius 3 is 2.67 bits per heavy atom. The van der Waals surface area contributed by atoms with Crippen LogP contribution < -0.4 is 9.64 Å². The molecule has 0 aliphatic carbocycles. The Hall–Kier alpha value is -2.38. The molecule has 30 heavy (non-hydrogen) atoms. The molecule has 4 aliphatic heterocycles. The highest BCUT2D eigenvalue weighted by molar-refractivity contribution is 5.96. The molecule has 3 fully saturated rings. The standard InChI is InChI=1S/C23H29N5O2/c1-25-9-8-24-22(25)14-26-12-16-17(13-26)19-7-6-18(16)28(19)15-23(29)27-10-11-30-21-5-3-2-4-20(21)27/h2-5,8-9,16-19H,6-7,10-15H2,1H3/t16-,17+,18-,19+. The summed E-state index contributed by atoms with van der Waals surface area (Å²) in [5.41, 5.74) is 0.918. The van der Waals surface area contributed by atoms with Crippen LogP contribution in [-0.2, 0) is 18.4 Å². The highest BCUT2D eigenvalue weighted by Crippen LogP contribution is 2.49. The first kappa shape index (κ1) is 18.4. The van der Waals surface area contributed by atoms with Gasteiger partial charge in [-0.3, -0.25) is 14.6 Å². The maximum Gasteiger partial charge on any atom is 0.241 e. The largest absolute Gasteiger partial charge is 0.490 e. The summed E-state index contributed by atoms with van der Waals surface area (Å²) in [6.45, 7) is 4.94. The molecule has 1 amide bonds. The lowest BCUT2D eigenvalue weighted by atomic mass is 9.82. The topological polar surface area (TPSA) is 53.8 Å². The van der Waals surface area contributed by atoms with Crippen molar-refractivity contribution in [3.63, 3.8) is 0 Å². The van der Waals surface area contributed by atoms with Crippen molar-refractivity contribution < 1.29 is 9.53 Å². The van der Waals surface area contributed by atoms with Gasteiger partial charge in [-0.15, -0.1) is 0 Å². The number of fused-ring (bicyclic) bond motifs is 6. The van der Waals surface area contributed by atoms with Crippen LogP contribution in [0.25, 0.3) is 0 Å². The van der Waals surface area contributed by atoms with Crippen molar-refractivity contribution in [1.29, 1.82) is 0 Å². The van der Waals surface area contributed by atoms with Gasteiger partial charge in [0.05, 0.1) is 25.3 Å². The van der Waals surface area contributed by atoms with Crippen molar-refractivity contribution in [3.05, 3.63) is 42.5 Å². The smallest absolute Gasteiger partial charge is 0.241 e. The number of aryl methyl sites for hydroxylation is 1. The molecule has 1 aromatic carbocycles. The number of hydrogen-bond donors (Lipinski definition) is 0. The van der Waals surface area contributed by atoms with Crippen molar-refractivity contribution in [2.45, 2.75) is 31.5 Å². The fourth-order valence-electron chi connectivity index (χ4n) is 6.38. The van der Waals surface area contributed by atoms with Crippen LogP contribution in [0.2, 0.25) is 0 Å². The highest BCUT2D eigenvalue weighted by Gasteiger charge is 2.56. The summed E-state index contributed by atoms with van der Waals surface area (Å²) in [6, 6.07) is 8.99. The zero-order valence-electron chi connectivity index (χ0n) is 17.5. The molecular formula is C23H29N5O2. The lowest BCUT2D eigenvalue weighted by Gasteiger charge is -2.32. The molecular weight excluding hydrogens is 378 g/mol. The summed E-state index contributed by atoms with van der Waals surface area (Å²) in [7, 11) is 2.07. The van der Waals surface area contributed by atoms with Gasteiger partial charge in [0.25, 0.3) is 0 Å².